The molecule has 0 saturated carbocycles. The lowest BCUT2D eigenvalue weighted by Gasteiger charge is -2.39. The van der Waals surface area contributed by atoms with Gasteiger partial charge in [-0.15, -0.1) is 0 Å². The van der Waals surface area contributed by atoms with Crippen molar-refractivity contribution in [2.45, 2.75) is 33.0 Å². The molecule has 0 spiro atoms. The van der Waals surface area contributed by atoms with E-state index in [2.05, 4.69) is 26.0 Å². The summed E-state index contributed by atoms with van der Waals surface area (Å²) in [5, 5.41) is 0. The van der Waals surface area contributed by atoms with Crippen LogP contribution in [0.1, 0.15) is 38.5 Å². The highest BCUT2D eigenvalue weighted by molar-refractivity contribution is 5.16. The van der Waals surface area contributed by atoms with Gasteiger partial charge in [0.2, 0.25) is 0 Å². The minimum absolute atomic E-state index is 0.174. The normalized spacial score (nSPS) is 20.9. The summed E-state index contributed by atoms with van der Waals surface area (Å²) in [5.41, 5.74) is 1.34. The van der Waals surface area contributed by atoms with Crippen LogP contribution in [0.3, 0.4) is 0 Å². The average molecular weight is 220 g/mol. The Morgan fingerprint density at radius 1 is 1.06 bits per heavy atom. The van der Waals surface area contributed by atoms with Gasteiger partial charge in [0.05, 0.1) is 13.2 Å². The molecule has 0 aliphatic carbocycles. The average Bonchev–Trinajstić information content (AvgIpc) is 2.40. The van der Waals surface area contributed by atoms with Crippen molar-refractivity contribution in [2.75, 3.05) is 13.2 Å². The molecule has 2 heteroatoms. The molecule has 2 nitrogen and oxygen atoms in total. The predicted molar refractivity (Wildman–Crippen MR) is 64.1 cm³/mol. The van der Waals surface area contributed by atoms with Crippen LogP contribution in [-0.2, 0) is 9.47 Å². The smallest absolute Gasteiger partial charge is 0.183 e. The van der Waals surface area contributed by atoms with Crippen LogP contribution in [0.15, 0.2) is 30.3 Å². The van der Waals surface area contributed by atoms with E-state index in [0.29, 0.717) is 0 Å². The van der Waals surface area contributed by atoms with Crippen molar-refractivity contribution < 1.29 is 9.47 Å². The van der Waals surface area contributed by atoms with Crippen LogP contribution in [0.25, 0.3) is 0 Å². The summed E-state index contributed by atoms with van der Waals surface area (Å²) in [6, 6.07) is 10.1. The Balaban J connectivity index is 2.00. The molecule has 1 aromatic rings. The van der Waals surface area contributed by atoms with E-state index in [-0.39, 0.29) is 11.7 Å². The first-order chi connectivity index (χ1) is 7.79. The highest BCUT2D eigenvalue weighted by Gasteiger charge is 2.34. The molecule has 16 heavy (non-hydrogen) atoms. The molecule has 1 heterocycles. The molecular formula is C14H20O2. The Hall–Kier alpha value is -0.860. The zero-order valence-corrected chi connectivity index (χ0v) is 10.1. The second kappa shape index (κ2) is 4.98. The third kappa shape index (κ3) is 2.28. The molecule has 1 fully saturated rings. The zero-order chi connectivity index (χ0) is 11.4. The van der Waals surface area contributed by atoms with E-state index in [4.69, 9.17) is 9.47 Å². The Morgan fingerprint density at radius 2 is 1.62 bits per heavy atom. The van der Waals surface area contributed by atoms with Crippen LogP contribution in [0.5, 0.6) is 0 Å². The van der Waals surface area contributed by atoms with Gasteiger partial charge >= 0.3 is 0 Å². The molecule has 1 aliphatic rings. The first kappa shape index (κ1) is 11.6. The lowest BCUT2D eigenvalue weighted by atomic mass is 9.83. The van der Waals surface area contributed by atoms with Gasteiger partial charge < -0.3 is 9.47 Å². The largest absolute Gasteiger partial charge is 0.348 e. The fourth-order valence-corrected chi connectivity index (χ4v) is 2.06. The first-order valence-corrected chi connectivity index (χ1v) is 6.08. The second-order valence-corrected chi connectivity index (χ2v) is 4.57. The van der Waals surface area contributed by atoms with Crippen molar-refractivity contribution in [3.05, 3.63) is 35.9 Å². The summed E-state index contributed by atoms with van der Waals surface area (Å²) in [5.74, 6) is 0. The molecule has 1 saturated heterocycles. The number of ether oxygens (including phenoxy) is 2. The van der Waals surface area contributed by atoms with Crippen molar-refractivity contribution in [1.82, 2.24) is 0 Å². The van der Waals surface area contributed by atoms with E-state index in [1.165, 1.54) is 0 Å². The van der Waals surface area contributed by atoms with Crippen LogP contribution in [-0.4, -0.2) is 13.2 Å². The molecule has 1 aliphatic heterocycles. The van der Waals surface area contributed by atoms with E-state index < -0.39 is 0 Å². The van der Waals surface area contributed by atoms with Crippen LogP contribution in [0, 0.1) is 5.41 Å². The van der Waals surface area contributed by atoms with Gasteiger partial charge in [-0.3, -0.25) is 0 Å². The topological polar surface area (TPSA) is 18.5 Å². The van der Waals surface area contributed by atoms with Gasteiger partial charge in [-0.2, -0.15) is 0 Å². The molecule has 88 valence electrons. The number of hydrogen-bond acceptors (Lipinski definition) is 2. The minimum Gasteiger partial charge on any atom is -0.348 e. The molecular weight excluding hydrogens is 200 g/mol. The van der Waals surface area contributed by atoms with Gasteiger partial charge in [-0.1, -0.05) is 44.2 Å². The van der Waals surface area contributed by atoms with Crippen molar-refractivity contribution in [3.63, 3.8) is 0 Å². The number of hydrogen-bond donors (Lipinski definition) is 0. The molecule has 0 atom stereocenters. The Kier molecular flexibility index (Phi) is 3.62. The fraction of sp³-hybridized carbons (Fsp3) is 0.571. The molecule has 1 aromatic carbocycles. The van der Waals surface area contributed by atoms with E-state index in [1.807, 2.05) is 18.2 Å². The highest BCUT2D eigenvalue weighted by atomic mass is 16.7. The molecule has 0 bridgehead atoms. The summed E-state index contributed by atoms with van der Waals surface area (Å²) in [6.07, 6.45) is 2.06. The second-order valence-electron chi connectivity index (χ2n) is 4.57. The van der Waals surface area contributed by atoms with Crippen molar-refractivity contribution >= 4 is 0 Å². The molecule has 0 radical (unpaired) electrons. The van der Waals surface area contributed by atoms with E-state index in [9.17, 15) is 0 Å². The molecule has 0 N–H and O–H groups in total. The predicted octanol–water partition coefficient (Wildman–Crippen LogP) is 3.54. The summed E-state index contributed by atoms with van der Waals surface area (Å²) in [6.45, 7) is 6.03. The van der Waals surface area contributed by atoms with Gasteiger partial charge in [0.15, 0.2) is 6.29 Å². The Morgan fingerprint density at radius 3 is 2.12 bits per heavy atom. The van der Waals surface area contributed by atoms with Crippen molar-refractivity contribution in [2.24, 2.45) is 5.41 Å². The van der Waals surface area contributed by atoms with Crippen LogP contribution in [0.4, 0.5) is 0 Å². The lowest BCUT2D eigenvalue weighted by molar-refractivity contribution is -0.235. The zero-order valence-electron chi connectivity index (χ0n) is 10.1. The Bertz CT molecular complexity index is 307. The van der Waals surface area contributed by atoms with Gasteiger partial charge in [-0.25, -0.2) is 0 Å². The maximum absolute atomic E-state index is 5.84. The quantitative estimate of drug-likeness (QED) is 0.775. The molecule has 0 amide bonds. The lowest BCUT2D eigenvalue weighted by Crippen LogP contribution is -2.37. The summed E-state index contributed by atoms with van der Waals surface area (Å²) in [4.78, 5) is 0. The van der Waals surface area contributed by atoms with Gasteiger partial charge in [0.1, 0.15) is 0 Å². The number of rotatable bonds is 3. The number of benzene rings is 1. The van der Waals surface area contributed by atoms with Crippen LogP contribution < -0.4 is 0 Å². The van der Waals surface area contributed by atoms with Crippen LogP contribution >= 0.6 is 0 Å². The summed E-state index contributed by atoms with van der Waals surface area (Å²) < 4.78 is 11.7. The highest BCUT2D eigenvalue weighted by Crippen LogP contribution is 2.36. The maximum atomic E-state index is 5.84. The van der Waals surface area contributed by atoms with E-state index >= 15 is 0 Å². The maximum Gasteiger partial charge on any atom is 0.183 e. The summed E-state index contributed by atoms with van der Waals surface area (Å²) >= 11 is 0. The van der Waals surface area contributed by atoms with E-state index in [0.717, 1.165) is 31.6 Å². The van der Waals surface area contributed by atoms with Gasteiger partial charge in [0, 0.05) is 11.0 Å². The fourth-order valence-electron chi connectivity index (χ4n) is 2.06. The van der Waals surface area contributed by atoms with Crippen molar-refractivity contribution in [1.29, 1.82) is 0 Å². The third-order valence-electron chi connectivity index (χ3n) is 3.65. The Labute approximate surface area is 97.6 Å². The van der Waals surface area contributed by atoms with Crippen molar-refractivity contribution in [3.8, 4) is 0 Å². The summed E-state index contributed by atoms with van der Waals surface area (Å²) in [7, 11) is 0. The minimum atomic E-state index is -0.174. The molecule has 2 rings (SSSR count). The molecule has 0 aromatic heterocycles. The molecule has 0 unspecified atom stereocenters. The SMILES string of the molecule is CCC1(CC)COC(c2ccccc2)OC1. The van der Waals surface area contributed by atoms with Gasteiger partial charge in [-0.05, 0) is 12.8 Å². The first-order valence-electron chi connectivity index (χ1n) is 6.08. The van der Waals surface area contributed by atoms with Crippen LogP contribution in [0.2, 0.25) is 0 Å². The standard InChI is InChI=1S/C14H20O2/c1-3-14(4-2)10-15-13(16-11-14)12-8-6-5-7-9-12/h5-9,13H,3-4,10-11H2,1-2H3. The third-order valence-corrected chi connectivity index (χ3v) is 3.65. The monoisotopic (exact) mass is 220 g/mol. The van der Waals surface area contributed by atoms with E-state index in [1.54, 1.807) is 0 Å². The van der Waals surface area contributed by atoms with Gasteiger partial charge in [0.25, 0.3) is 0 Å².